The van der Waals surface area contributed by atoms with Crippen molar-refractivity contribution in [2.75, 3.05) is 6.54 Å². The highest BCUT2D eigenvalue weighted by Gasteiger charge is 2.51. The molecule has 7 heteroatoms. The third-order valence-electron chi connectivity index (χ3n) is 4.89. The normalized spacial score (nSPS) is 28.0. The van der Waals surface area contributed by atoms with Gasteiger partial charge in [-0.25, -0.2) is 8.78 Å². The summed E-state index contributed by atoms with van der Waals surface area (Å²) in [5.74, 6) is -3.19. The maximum Gasteiger partial charge on any atom is 0.269 e. The van der Waals surface area contributed by atoms with Gasteiger partial charge in [-0.05, 0) is 26.3 Å². The molecule has 2 aliphatic rings. The molecule has 1 aromatic heterocycles. The second-order valence-electron chi connectivity index (χ2n) is 7.07. The van der Waals surface area contributed by atoms with Gasteiger partial charge < -0.3 is 5.73 Å². The summed E-state index contributed by atoms with van der Waals surface area (Å²) in [6.07, 6.45) is 0.293. The number of alkyl halides is 2. The number of carbonyl (C=O) groups excluding carboxylic acids is 1. The molecule has 122 valence electrons. The quantitative estimate of drug-likeness (QED) is 0.908. The van der Waals surface area contributed by atoms with Gasteiger partial charge in [0.05, 0.1) is 5.69 Å². The molecule has 3 rings (SSSR count). The fourth-order valence-electron chi connectivity index (χ4n) is 3.71. The lowest BCUT2D eigenvalue weighted by atomic mass is 9.85. The Hall–Kier alpha value is -1.50. The Morgan fingerprint density at radius 3 is 2.64 bits per heavy atom. The number of nitrogens with two attached hydrogens (primary N) is 1. The molecule has 1 spiro atoms. The molecule has 1 aliphatic heterocycles. The molecule has 2 heterocycles. The number of fused-ring (bicyclic) bond motifs is 1. The van der Waals surface area contributed by atoms with Crippen molar-refractivity contribution in [2.45, 2.75) is 58.2 Å². The van der Waals surface area contributed by atoms with Crippen molar-refractivity contribution in [1.82, 2.24) is 14.7 Å². The number of nitrogens with zero attached hydrogens (tertiary/aromatic N) is 3. The van der Waals surface area contributed by atoms with Gasteiger partial charge in [0, 0.05) is 43.9 Å². The first-order valence-corrected chi connectivity index (χ1v) is 7.68. The maximum absolute atomic E-state index is 13.8. The van der Waals surface area contributed by atoms with Crippen molar-refractivity contribution in [2.24, 2.45) is 11.1 Å². The molecule has 1 saturated carbocycles. The van der Waals surface area contributed by atoms with Gasteiger partial charge in [0.25, 0.3) is 5.91 Å². The number of aromatic nitrogens is 2. The number of rotatable bonds is 2. The van der Waals surface area contributed by atoms with Crippen molar-refractivity contribution in [3.63, 3.8) is 0 Å². The first-order valence-electron chi connectivity index (χ1n) is 7.68. The van der Waals surface area contributed by atoms with Crippen LogP contribution in [0.3, 0.4) is 0 Å². The van der Waals surface area contributed by atoms with Crippen LogP contribution in [0.15, 0.2) is 6.07 Å². The molecule has 1 fully saturated rings. The summed E-state index contributed by atoms with van der Waals surface area (Å²) >= 11 is 0. The molecule has 1 amide bonds. The second kappa shape index (κ2) is 5.01. The van der Waals surface area contributed by atoms with Crippen LogP contribution in [0.2, 0.25) is 0 Å². The Kier molecular flexibility index (Phi) is 3.51. The molecular weight excluding hydrogens is 290 g/mol. The van der Waals surface area contributed by atoms with E-state index in [9.17, 15) is 13.6 Å². The van der Waals surface area contributed by atoms with E-state index < -0.39 is 17.2 Å². The number of halogens is 2. The lowest BCUT2D eigenvalue weighted by Crippen LogP contribution is -2.40. The molecule has 1 unspecified atom stereocenters. The van der Waals surface area contributed by atoms with Crippen LogP contribution in [-0.4, -0.2) is 39.1 Å². The van der Waals surface area contributed by atoms with Crippen LogP contribution in [-0.2, 0) is 13.1 Å². The number of primary amides is 1. The molecule has 1 aliphatic carbocycles. The minimum absolute atomic E-state index is 0.0712. The number of carbonyl (C=O) groups is 1. The van der Waals surface area contributed by atoms with Gasteiger partial charge in [-0.1, -0.05) is 0 Å². The fourth-order valence-corrected chi connectivity index (χ4v) is 3.71. The van der Waals surface area contributed by atoms with Gasteiger partial charge in [0.1, 0.15) is 5.69 Å². The van der Waals surface area contributed by atoms with Gasteiger partial charge in [0.15, 0.2) is 0 Å². The number of amides is 1. The minimum Gasteiger partial charge on any atom is -0.364 e. The molecule has 0 bridgehead atoms. The van der Waals surface area contributed by atoms with Crippen LogP contribution in [0, 0.1) is 5.41 Å². The highest BCUT2D eigenvalue weighted by atomic mass is 19.3. The zero-order valence-electron chi connectivity index (χ0n) is 13.0. The first-order chi connectivity index (χ1) is 10.2. The van der Waals surface area contributed by atoms with Gasteiger partial charge >= 0.3 is 0 Å². The first kappa shape index (κ1) is 15.4. The monoisotopic (exact) mass is 312 g/mol. The standard InChI is InChI=1S/C15H22F2N4O/c1-10(2)20-6-11-5-12(13(18)22)19-21(11)9-14(8-20)3-4-15(16,17)7-14/h5,10H,3-4,6-9H2,1-2H3,(H2,18,22). The summed E-state index contributed by atoms with van der Waals surface area (Å²) in [6, 6.07) is 1.92. The zero-order valence-corrected chi connectivity index (χ0v) is 13.0. The Morgan fingerprint density at radius 1 is 1.36 bits per heavy atom. The third-order valence-corrected chi connectivity index (χ3v) is 4.89. The summed E-state index contributed by atoms with van der Waals surface area (Å²) in [6.45, 7) is 5.78. The third kappa shape index (κ3) is 2.74. The molecule has 2 N–H and O–H groups in total. The average molecular weight is 312 g/mol. The predicted molar refractivity (Wildman–Crippen MR) is 77.5 cm³/mol. The van der Waals surface area contributed by atoms with Crippen molar-refractivity contribution < 1.29 is 13.6 Å². The molecule has 1 atom stereocenters. The van der Waals surface area contributed by atoms with Crippen molar-refractivity contribution in [3.8, 4) is 0 Å². The van der Waals surface area contributed by atoms with E-state index in [4.69, 9.17) is 5.73 Å². The summed E-state index contributed by atoms with van der Waals surface area (Å²) in [5.41, 5.74) is 5.89. The average Bonchev–Trinajstić information content (AvgIpc) is 2.86. The molecular formula is C15H22F2N4O. The van der Waals surface area contributed by atoms with E-state index in [-0.39, 0.29) is 24.6 Å². The van der Waals surface area contributed by atoms with Crippen LogP contribution >= 0.6 is 0 Å². The van der Waals surface area contributed by atoms with Crippen molar-refractivity contribution in [1.29, 1.82) is 0 Å². The molecule has 0 radical (unpaired) electrons. The Morgan fingerprint density at radius 2 is 2.09 bits per heavy atom. The molecule has 22 heavy (non-hydrogen) atoms. The van der Waals surface area contributed by atoms with Gasteiger partial charge in [0.2, 0.25) is 5.92 Å². The maximum atomic E-state index is 13.8. The fraction of sp³-hybridized carbons (Fsp3) is 0.733. The lowest BCUT2D eigenvalue weighted by Gasteiger charge is -2.34. The largest absolute Gasteiger partial charge is 0.364 e. The van der Waals surface area contributed by atoms with Crippen LogP contribution in [0.25, 0.3) is 0 Å². The number of hydrogen-bond donors (Lipinski definition) is 1. The van der Waals surface area contributed by atoms with Crippen molar-refractivity contribution in [3.05, 3.63) is 17.5 Å². The summed E-state index contributed by atoms with van der Waals surface area (Å²) in [4.78, 5) is 13.5. The minimum atomic E-state index is -2.60. The molecule has 1 aromatic rings. The van der Waals surface area contributed by atoms with E-state index >= 15 is 0 Å². The summed E-state index contributed by atoms with van der Waals surface area (Å²) in [5, 5.41) is 4.24. The van der Waals surface area contributed by atoms with E-state index in [1.54, 1.807) is 10.7 Å². The second-order valence-corrected chi connectivity index (χ2v) is 7.07. The van der Waals surface area contributed by atoms with Crippen LogP contribution in [0.1, 0.15) is 49.3 Å². The smallest absolute Gasteiger partial charge is 0.269 e. The molecule has 0 saturated heterocycles. The summed E-state index contributed by atoms with van der Waals surface area (Å²) < 4.78 is 29.4. The van der Waals surface area contributed by atoms with Crippen molar-refractivity contribution >= 4 is 5.91 Å². The zero-order chi connectivity index (χ0) is 16.1. The summed E-state index contributed by atoms with van der Waals surface area (Å²) in [7, 11) is 0. The SMILES string of the molecule is CC(C)N1Cc2cc(C(N)=O)nn2CC2(CCC(F)(F)C2)C1. The highest BCUT2D eigenvalue weighted by Crippen LogP contribution is 2.49. The molecule has 0 aromatic carbocycles. The number of hydrogen-bond acceptors (Lipinski definition) is 3. The Balaban J connectivity index is 1.98. The van der Waals surface area contributed by atoms with Gasteiger partial charge in [-0.2, -0.15) is 5.10 Å². The van der Waals surface area contributed by atoms with E-state index in [0.29, 0.717) is 26.1 Å². The van der Waals surface area contributed by atoms with Crippen LogP contribution < -0.4 is 5.73 Å². The Bertz CT molecular complexity index is 598. The van der Waals surface area contributed by atoms with Gasteiger partial charge in [-0.3, -0.25) is 14.4 Å². The van der Waals surface area contributed by atoms with Crippen LogP contribution in [0.5, 0.6) is 0 Å². The highest BCUT2D eigenvalue weighted by molar-refractivity contribution is 5.90. The Labute approximate surface area is 128 Å². The topological polar surface area (TPSA) is 64.2 Å². The van der Waals surface area contributed by atoms with E-state index in [0.717, 1.165) is 5.69 Å². The van der Waals surface area contributed by atoms with Crippen LogP contribution in [0.4, 0.5) is 8.78 Å². The molecule has 5 nitrogen and oxygen atoms in total. The predicted octanol–water partition coefficient (Wildman–Crippen LogP) is 2.01. The van der Waals surface area contributed by atoms with E-state index in [1.807, 2.05) is 0 Å². The lowest BCUT2D eigenvalue weighted by molar-refractivity contribution is -0.0117. The van der Waals surface area contributed by atoms with E-state index in [1.165, 1.54) is 0 Å². The van der Waals surface area contributed by atoms with E-state index in [2.05, 4.69) is 23.8 Å². The van der Waals surface area contributed by atoms with Gasteiger partial charge in [-0.15, -0.1) is 0 Å².